The van der Waals surface area contributed by atoms with Crippen LogP contribution in [-0.4, -0.2) is 41.6 Å². The summed E-state index contributed by atoms with van der Waals surface area (Å²) in [7, 11) is 3.14. The van der Waals surface area contributed by atoms with E-state index in [1.165, 1.54) is 11.8 Å². The third-order valence-electron chi connectivity index (χ3n) is 5.18. The van der Waals surface area contributed by atoms with Crippen LogP contribution in [0.5, 0.6) is 17.4 Å². The minimum absolute atomic E-state index is 0.123. The molecule has 0 saturated carbocycles. The van der Waals surface area contributed by atoms with Gasteiger partial charge >= 0.3 is 0 Å². The molecular weight excluding hydrogens is 464 g/mol. The van der Waals surface area contributed by atoms with E-state index in [0.717, 1.165) is 0 Å². The first-order valence-corrected chi connectivity index (χ1v) is 11.9. The van der Waals surface area contributed by atoms with Gasteiger partial charge in [-0.2, -0.15) is 4.98 Å². The van der Waals surface area contributed by atoms with Crippen LogP contribution < -0.4 is 19.1 Å². The molecule has 0 bridgehead atoms. The molecule has 0 radical (unpaired) electrons. The molecule has 0 unspecified atom stereocenters. The fourth-order valence-electron chi connectivity index (χ4n) is 3.66. The summed E-state index contributed by atoms with van der Waals surface area (Å²) in [4.78, 5) is 19.6. The third kappa shape index (κ3) is 4.43. The van der Waals surface area contributed by atoms with Gasteiger partial charge < -0.3 is 14.2 Å². The summed E-state index contributed by atoms with van der Waals surface area (Å²) in [5.41, 5.74) is 2.22. The molecule has 4 rings (SSSR count). The molecule has 0 fully saturated rings. The summed E-state index contributed by atoms with van der Waals surface area (Å²) in [5.74, 6) is 1.27. The number of carbonyl (C=O) groups excluding carboxylic acids is 1. The Kier molecular flexibility index (Phi) is 6.90. The lowest BCUT2D eigenvalue weighted by molar-refractivity contribution is -0.120. The van der Waals surface area contributed by atoms with Gasteiger partial charge in [0.1, 0.15) is 11.5 Å². The predicted molar refractivity (Wildman–Crippen MR) is 127 cm³/mol. The van der Waals surface area contributed by atoms with E-state index in [1.807, 2.05) is 13.2 Å². The Hall–Kier alpha value is -3.04. The van der Waals surface area contributed by atoms with Crippen LogP contribution in [0, 0.1) is 0 Å². The zero-order valence-corrected chi connectivity index (χ0v) is 20.2. The van der Waals surface area contributed by atoms with Crippen molar-refractivity contribution in [3.63, 3.8) is 0 Å². The Bertz CT molecular complexity index is 1190. The Morgan fingerprint density at radius 3 is 2.70 bits per heavy atom. The van der Waals surface area contributed by atoms with Gasteiger partial charge in [-0.25, -0.2) is 0 Å². The van der Waals surface area contributed by atoms with Crippen molar-refractivity contribution < 1.29 is 19.0 Å². The summed E-state index contributed by atoms with van der Waals surface area (Å²) in [6, 6.07) is 10.6. The van der Waals surface area contributed by atoms with Gasteiger partial charge in [-0.15, -0.1) is 10.2 Å². The van der Waals surface area contributed by atoms with Crippen LogP contribution in [0.15, 0.2) is 41.6 Å². The molecule has 1 atom stereocenters. The van der Waals surface area contributed by atoms with Crippen LogP contribution in [0.25, 0.3) is 11.3 Å². The fourth-order valence-corrected chi connectivity index (χ4v) is 4.13. The van der Waals surface area contributed by atoms with Crippen LogP contribution in [0.1, 0.15) is 31.6 Å². The number of aromatic nitrogens is 3. The van der Waals surface area contributed by atoms with E-state index in [0.29, 0.717) is 57.0 Å². The van der Waals surface area contributed by atoms with Gasteiger partial charge in [0, 0.05) is 17.0 Å². The topological polar surface area (TPSA) is 86.7 Å². The van der Waals surface area contributed by atoms with Gasteiger partial charge in [0.2, 0.25) is 23.2 Å². The van der Waals surface area contributed by atoms with Crippen molar-refractivity contribution in [1.82, 2.24) is 15.2 Å². The molecular formula is C23H23ClN4O4S. The number of hydrogen-bond donors (Lipinski definition) is 0. The van der Waals surface area contributed by atoms with Crippen molar-refractivity contribution in [3.8, 4) is 28.6 Å². The molecule has 3 aromatic rings. The van der Waals surface area contributed by atoms with E-state index in [4.69, 9.17) is 25.8 Å². The number of methoxy groups -OCH3 is 2. The number of thioether (sulfide) groups is 1. The summed E-state index contributed by atoms with van der Waals surface area (Å²) >= 11 is 7.67. The first-order chi connectivity index (χ1) is 16.0. The second kappa shape index (κ2) is 9.84. The van der Waals surface area contributed by atoms with Crippen LogP contribution in [-0.2, 0) is 4.79 Å². The number of fused-ring (bicyclic) bond motifs is 3. The maximum atomic E-state index is 13.5. The van der Waals surface area contributed by atoms with Gasteiger partial charge in [0.25, 0.3) is 0 Å². The molecule has 33 heavy (non-hydrogen) atoms. The molecule has 10 heteroatoms. The number of anilines is 1. The van der Waals surface area contributed by atoms with Crippen molar-refractivity contribution in [2.75, 3.05) is 25.4 Å². The largest absolute Gasteiger partial charge is 0.497 e. The Morgan fingerprint density at radius 2 is 2.00 bits per heavy atom. The highest BCUT2D eigenvalue weighted by atomic mass is 35.5. The normalized spacial score (nSPS) is 14.6. The summed E-state index contributed by atoms with van der Waals surface area (Å²) in [5, 5.41) is 9.48. The van der Waals surface area contributed by atoms with Gasteiger partial charge in [-0.1, -0.05) is 30.3 Å². The molecule has 0 saturated heterocycles. The second-order valence-electron chi connectivity index (χ2n) is 7.21. The maximum Gasteiger partial charge on any atom is 0.247 e. The number of benzene rings is 2. The quantitative estimate of drug-likeness (QED) is 0.442. The number of amides is 1. The molecule has 0 aliphatic carbocycles. The number of nitrogens with zero attached hydrogens (tertiary/aromatic N) is 4. The Balaban J connectivity index is 2.02. The van der Waals surface area contributed by atoms with Crippen molar-refractivity contribution in [2.24, 2.45) is 0 Å². The highest BCUT2D eigenvalue weighted by Crippen LogP contribution is 2.46. The van der Waals surface area contributed by atoms with E-state index in [1.54, 1.807) is 55.5 Å². The molecule has 1 aliphatic heterocycles. The molecule has 172 valence electrons. The van der Waals surface area contributed by atoms with Crippen LogP contribution in [0.3, 0.4) is 0 Å². The van der Waals surface area contributed by atoms with Gasteiger partial charge in [-0.05, 0) is 49.1 Å². The monoisotopic (exact) mass is 486 g/mol. The first-order valence-electron chi connectivity index (χ1n) is 10.3. The van der Waals surface area contributed by atoms with Crippen molar-refractivity contribution in [3.05, 3.63) is 47.0 Å². The smallest absolute Gasteiger partial charge is 0.247 e. The average molecular weight is 487 g/mol. The third-order valence-corrected chi connectivity index (χ3v) is 5.96. The number of ether oxygens (including phenoxy) is 3. The zero-order chi connectivity index (χ0) is 23.5. The van der Waals surface area contributed by atoms with E-state index >= 15 is 0 Å². The zero-order valence-electron chi connectivity index (χ0n) is 18.7. The van der Waals surface area contributed by atoms with Crippen molar-refractivity contribution in [1.29, 1.82) is 0 Å². The van der Waals surface area contributed by atoms with Gasteiger partial charge in [0.15, 0.2) is 5.69 Å². The minimum atomic E-state index is -0.887. The maximum absolute atomic E-state index is 13.5. The number of halogens is 1. The van der Waals surface area contributed by atoms with E-state index < -0.39 is 6.23 Å². The molecule has 1 amide bonds. The average Bonchev–Trinajstić information content (AvgIpc) is 2.97. The minimum Gasteiger partial charge on any atom is -0.497 e. The summed E-state index contributed by atoms with van der Waals surface area (Å²) in [6.07, 6.45) is 1.95. The van der Waals surface area contributed by atoms with E-state index in [2.05, 4.69) is 15.2 Å². The van der Waals surface area contributed by atoms with Crippen LogP contribution >= 0.6 is 23.4 Å². The van der Waals surface area contributed by atoms with Gasteiger partial charge in [-0.3, -0.25) is 9.69 Å². The number of carbonyl (C=O) groups is 1. The lowest BCUT2D eigenvalue weighted by Crippen LogP contribution is -2.37. The summed E-state index contributed by atoms with van der Waals surface area (Å²) in [6.45, 7) is 1.95. The molecule has 0 N–H and O–H groups in total. The fraction of sp³-hybridized carbons (Fsp3) is 0.304. The predicted octanol–water partition coefficient (Wildman–Crippen LogP) is 5.16. The first kappa shape index (κ1) is 23.1. The highest BCUT2D eigenvalue weighted by molar-refractivity contribution is 7.98. The Morgan fingerprint density at radius 1 is 1.18 bits per heavy atom. The molecule has 0 spiro atoms. The van der Waals surface area contributed by atoms with E-state index in [9.17, 15) is 4.79 Å². The van der Waals surface area contributed by atoms with Crippen LogP contribution in [0.4, 0.5) is 5.69 Å². The molecule has 8 nitrogen and oxygen atoms in total. The van der Waals surface area contributed by atoms with Crippen molar-refractivity contribution >= 4 is 35.0 Å². The number of hydrogen-bond acceptors (Lipinski definition) is 8. The summed E-state index contributed by atoms with van der Waals surface area (Å²) < 4.78 is 17.5. The molecule has 2 heterocycles. The van der Waals surface area contributed by atoms with Crippen molar-refractivity contribution in [2.45, 2.75) is 31.1 Å². The molecule has 1 aromatic heterocycles. The molecule has 2 aromatic carbocycles. The second-order valence-corrected chi connectivity index (χ2v) is 8.42. The van der Waals surface area contributed by atoms with Gasteiger partial charge in [0.05, 0.1) is 25.5 Å². The SMILES string of the molecule is CCCC(=O)N1c2ccc(Cl)cc2-c2nnc(SC)nc2O[C@@H]1c1cc(OC)ccc1OC. The lowest BCUT2D eigenvalue weighted by Gasteiger charge is -2.31. The number of rotatable bonds is 6. The molecule has 1 aliphatic rings. The van der Waals surface area contributed by atoms with Crippen LogP contribution in [0.2, 0.25) is 5.02 Å². The Labute approximate surface area is 201 Å². The highest BCUT2D eigenvalue weighted by Gasteiger charge is 2.37. The lowest BCUT2D eigenvalue weighted by atomic mass is 10.1. The van der Waals surface area contributed by atoms with E-state index in [-0.39, 0.29) is 11.8 Å². The standard InChI is InChI=1S/C23H23ClN4O4S/c1-5-6-19(29)28-17-9-7-13(24)11-15(17)20-21(25-23(33-4)27-26-20)32-22(28)16-12-14(30-2)8-10-18(16)31-3/h7-12,22H,5-6H2,1-4H3/t22-/m1/s1.